The molecule has 1 aliphatic carbocycles. The molecule has 4 saturated heterocycles. The van der Waals surface area contributed by atoms with Gasteiger partial charge < -0.3 is 10.3 Å². The number of halogens is 1. The van der Waals surface area contributed by atoms with E-state index in [0.717, 1.165) is 49.3 Å². The number of rotatable bonds is 0. The van der Waals surface area contributed by atoms with Crippen LogP contribution < -0.4 is 5.32 Å². The molecule has 0 unspecified atom stereocenters. The highest BCUT2D eigenvalue weighted by molar-refractivity contribution is 6.31. The monoisotopic (exact) mass is 369 g/mol. The Kier molecular flexibility index (Phi) is 2.67. The number of hydrogen-bond acceptors (Lipinski definition) is 2. The lowest BCUT2D eigenvalue weighted by Gasteiger charge is -2.65. The second kappa shape index (κ2) is 4.48. The highest BCUT2D eigenvalue weighted by atomic mass is 35.5. The largest absolute Gasteiger partial charge is 0.358 e. The molecule has 4 nitrogen and oxygen atoms in total. The van der Waals surface area contributed by atoms with Gasteiger partial charge in [0.2, 0.25) is 5.91 Å². The third-order valence-corrected chi connectivity index (χ3v) is 8.20. The van der Waals surface area contributed by atoms with E-state index in [1.165, 1.54) is 16.6 Å². The van der Waals surface area contributed by atoms with Crippen LogP contribution in [-0.4, -0.2) is 40.0 Å². The molecule has 2 spiro atoms. The van der Waals surface area contributed by atoms with Crippen molar-refractivity contribution in [3.8, 4) is 0 Å². The fourth-order valence-electron chi connectivity index (χ4n) is 6.82. The van der Waals surface area contributed by atoms with Crippen molar-refractivity contribution in [1.82, 2.24) is 15.2 Å². The Bertz CT molecular complexity index is 979. The zero-order chi connectivity index (χ0) is 17.9. The molecule has 4 fully saturated rings. The molecule has 136 valence electrons. The number of benzene rings is 1. The minimum Gasteiger partial charge on any atom is -0.358 e. The SMILES string of the molecule is CC1(C)c2[nH]c3cc(Cl)ccc3c2C[C@@]23CN4CCC[C@]4(C[C@@H]12)C(=O)N3. The molecule has 7 rings (SSSR count). The van der Waals surface area contributed by atoms with Crippen LogP contribution in [0.4, 0.5) is 0 Å². The minimum absolute atomic E-state index is 0.00550. The van der Waals surface area contributed by atoms with E-state index in [-0.39, 0.29) is 22.4 Å². The summed E-state index contributed by atoms with van der Waals surface area (Å²) in [7, 11) is 0. The Morgan fingerprint density at radius 3 is 3.00 bits per heavy atom. The van der Waals surface area contributed by atoms with E-state index in [4.69, 9.17) is 11.6 Å². The van der Waals surface area contributed by atoms with Crippen molar-refractivity contribution in [2.45, 2.75) is 56.0 Å². The number of piperazine rings is 1. The molecule has 26 heavy (non-hydrogen) atoms. The Morgan fingerprint density at radius 1 is 1.31 bits per heavy atom. The van der Waals surface area contributed by atoms with Gasteiger partial charge in [-0.2, -0.15) is 0 Å². The number of piperidine rings is 2. The van der Waals surface area contributed by atoms with Crippen LogP contribution in [0.2, 0.25) is 5.02 Å². The zero-order valence-electron chi connectivity index (χ0n) is 15.3. The first-order chi connectivity index (χ1) is 12.4. The van der Waals surface area contributed by atoms with Crippen LogP contribution >= 0.6 is 11.6 Å². The number of fused-ring (bicyclic) bond motifs is 4. The summed E-state index contributed by atoms with van der Waals surface area (Å²) in [6.45, 7) is 6.78. The predicted molar refractivity (Wildman–Crippen MR) is 103 cm³/mol. The van der Waals surface area contributed by atoms with E-state index in [1.54, 1.807) is 0 Å². The normalized spacial score (nSPS) is 37.3. The fraction of sp³-hybridized carbons (Fsp3) is 0.571. The van der Waals surface area contributed by atoms with Crippen molar-refractivity contribution < 1.29 is 4.79 Å². The Balaban J connectivity index is 1.59. The van der Waals surface area contributed by atoms with Crippen LogP contribution in [0.5, 0.6) is 0 Å². The average Bonchev–Trinajstić information content (AvgIpc) is 3.15. The van der Waals surface area contributed by atoms with E-state index in [9.17, 15) is 4.79 Å². The molecule has 5 heteroatoms. The lowest BCUT2D eigenvalue weighted by molar-refractivity contribution is -0.160. The van der Waals surface area contributed by atoms with E-state index < -0.39 is 0 Å². The summed E-state index contributed by atoms with van der Waals surface area (Å²) in [6, 6.07) is 6.13. The van der Waals surface area contributed by atoms with Gasteiger partial charge in [0.15, 0.2) is 0 Å². The first-order valence-electron chi connectivity index (χ1n) is 9.74. The van der Waals surface area contributed by atoms with Crippen molar-refractivity contribution >= 4 is 28.4 Å². The Morgan fingerprint density at radius 2 is 2.15 bits per heavy atom. The third kappa shape index (κ3) is 1.60. The summed E-state index contributed by atoms with van der Waals surface area (Å²) < 4.78 is 0. The molecule has 1 aromatic heterocycles. The smallest absolute Gasteiger partial charge is 0.241 e. The third-order valence-electron chi connectivity index (χ3n) is 7.97. The first kappa shape index (κ1) is 15.5. The summed E-state index contributed by atoms with van der Waals surface area (Å²) in [5.41, 5.74) is 3.42. The van der Waals surface area contributed by atoms with Crippen LogP contribution in [0.25, 0.3) is 10.9 Å². The topological polar surface area (TPSA) is 48.1 Å². The Labute approximate surface area is 158 Å². The van der Waals surface area contributed by atoms with Gasteiger partial charge in [-0.3, -0.25) is 9.69 Å². The minimum atomic E-state index is -0.253. The molecule has 5 aliphatic rings. The van der Waals surface area contributed by atoms with Crippen molar-refractivity contribution in [1.29, 1.82) is 0 Å². The lowest BCUT2D eigenvalue weighted by Crippen LogP contribution is -2.82. The summed E-state index contributed by atoms with van der Waals surface area (Å²) in [5, 5.41) is 5.55. The standard InChI is InChI=1S/C21H24ClN3O/c1-19(2)16-10-21-6-3-7-25(21)11-20(16,24-18(21)26)9-14-13-5-4-12(22)8-15(13)23-17(14)19/h4-5,8,16,23H,3,6-7,9-11H2,1-2H3,(H,24,26)/t16-,20+,21-/m0/s1. The van der Waals surface area contributed by atoms with E-state index in [0.29, 0.717) is 5.92 Å². The molecule has 0 radical (unpaired) electrons. The molecule has 1 aromatic carbocycles. The summed E-state index contributed by atoms with van der Waals surface area (Å²) in [5.74, 6) is 0.734. The number of amides is 1. The molecule has 2 N–H and O–H groups in total. The molecular formula is C21H24ClN3O. The van der Waals surface area contributed by atoms with Gasteiger partial charge in [0.25, 0.3) is 0 Å². The number of nitrogens with one attached hydrogen (secondary N) is 2. The number of H-pyrrole nitrogens is 1. The summed E-state index contributed by atoms with van der Waals surface area (Å²) in [4.78, 5) is 19.3. The van der Waals surface area contributed by atoms with Gasteiger partial charge in [-0.25, -0.2) is 0 Å². The van der Waals surface area contributed by atoms with Gasteiger partial charge in [-0.15, -0.1) is 0 Å². The number of nitrogens with zero attached hydrogens (tertiary/aromatic N) is 1. The van der Waals surface area contributed by atoms with Gasteiger partial charge in [-0.05, 0) is 55.8 Å². The maximum atomic E-state index is 13.1. The van der Waals surface area contributed by atoms with Crippen LogP contribution in [0.1, 0.15) is 44.4 Å². The molecule has 0 saturated carbocycles. The van der Waals surface area contributed by atoms with Gasteiger partial charge in [0.05, 0.1) is 5.54 Å². The Hall–Kier alpha value is -1.52. The molecule has 4 aliphatic heterocycles. The van der Waals surface area contributed by atoms with Gasteiger partial charge in [0, 0.05) is 33.6 Å². The van der Waals surface area contributed by atoms with E-state index in [1.807, 2.05) is 12.1 Å². The maximum Gasteiger partial charge on any atom is 0.241 e. The summed E-state index contributed by atoms with van der Waals surface area (Å²) in [6.07, 6.45) is 4.05. The molecule has 2 bridgehead atoms. The number of hydrogen-bond donors (Lipinski definition) is 2. The van der Waals surface area contributed by atoms with Crippen LogP contribution in [0.3, 0.4) is 0 Å². The summed E-state index contributed by atoms with van der Waals surface area (Å²) >= 11 is 6.24. The van der Waals surface area contributed by atoms with Crippen LogP contribution in [0.15, 0.2) is 18.2 Å². The van der Waals surface area contributed by atoms with Gasteiger partial charge in [0.1, 0.15) is 5.54 Å². The molecule has 3 atom stereocenters. The second-order valence-corrected chi connectivity index (χ2v) is 9.93. The van der Waals surface area contributed by atoms with Crippen molar-refractivity contribution in [2.24, 2.45) is 5.92 Å². The van der Waals surface area contributed by atoms with Gasteiger partial charge in [-0.1, -0.05) is 31.5 Å². The number of carbonyl (C=O) groups is 1. The number of aromatic amines is 1. The molecular weight excluding hydrogens is 346 g/mol. The zero-order valence-corrected chi connectivity index (χ0v) is 16.0. The van der Waals surface area contributed by atoms with Crippen molar-refractivity contribution in [3.63, 3.8) is 0 Å². The maximum absolute atomic E-state index is 13.1. The first-order valence-corrected chi connectivity index (χ1v) is 10.1. The van der Waals surface area contributed by atoms with E-state index in [2.05, 4.69) is 35.1 Å². The lowest BCUT2D eigenvalue weighted by atomic mass is 9.51. The van der Waals surface area contributed by atoms with Crippen LogP contribution in [-0.2, 0) is 16.6 Å². The van der Waals surface area contributed by atoms with Crippen molar-refractivity contribution in [3.05, 3.63) is 34.5 Å². The predicted octanol–water partition coefficient (Wildman–Crippen LogP) is 3.38. The van der Waals surface area contributed by atoms with Crippen LogP contribution in [0, 0.1) is 5.92 Å². The molecule has 1 amide bonds. The van der Waals surface area contributed by atoms with Crippen molar-refractivity contribution in [2.75, 3.05) is 13.1 Å². The van der Waals surface area contributed by atoms with E-state index >= 15 is 0 Å². The average molecular weight is 370 g/mol. The quantitative estimate of drug-likeness (QED) is 0.748. The highest BCUT2D eigenvalue weighted by Gasteiger charge is 2.68. The highest BCUT2D eigenvalue weighted by Crippen LogP contribution is 2.58. The number of carbonyl (C=O) groups excluding carboxylic acids is 1. The van der Waals surface area contributed by atoms with Gasteiger partial charge >= 0.3 is 0 Å². The molecule has 2 aromatic rings. The molecule has 5 heterocycles. The number of aromatic nitrogens is 1. The second-order valence-electron chi connectivity index (χ2n) is 9.49. The fourth-order valence-corrected chi connectivity index (χ4v) is 6.99.